The van der Waals surface area contributed by atoms with Crippen molar-refractivity contribution in [3.63, 3.8) is 0 Å². The molecule has 0 N–H and O–H groups in total. The van der Waals surface area contributed by atoms with Crippen molar-refractivity contribution in [1.82, 2.24) is 4.98 Å². The molecule has 6 nitrogen and oxygen atoms in total. The standard InChI is InChI=1S/C33H27NO5/c1-3-19-37-26-16-14-25(15-17-26)32(35)27(33-34-28-11-7-8-12-29(28)39-33)20-24-13-18-30(31(21-24)36-2)38-22-23-9-5-4-6-10-23/h3-21H,22H2,1-2H3. The van der Waals surface area contributed by atoms with E-state index < -0.39 is 0 Å². The highest BCUT2D eigenvalue weighted by atomic mass is 16.5. The fourth-order valence-electron chi connectivity index (χ4n) is 3.99. The Hall–Kier alpha value is -5.10. The number of methoxy groups -OCH3 is 1. The van der Waals surface area contributed by atoms with Crippen LogP contribution in [0.25, 0.3) is 22.7 Å². The van der Waals surface area contributed by atoms with Crippen LogP contribution in [0.1, 0.15) is 34.3 Å². The highest BCUT2D eigenvalue weighted by Crippen LogP contribution is 2.32. The van der Waals surface area contributed by atoms with Gasteiger partial charge in [0, 0.05) is 5.56 Å². The van der Waals surface area contributed by atoms with E-state index in [9.17, 15) is 4.79 Å². The number of Topliss-reactive ketones (excluding diaryl/α,β-unsaturated/α-hetero) is 1. The number of fused-ring (bicyclic) bond motifs is 1. The Morgan fingerprint density at radius 3 is 2.41 bits per heavy atom. The maximum atomic E-state index is 13.8. The maximum absolute atomic E-state index is 13.8. The summed E-state index contributed by atoms with van der Waals surface area (Å²) >= 11 is 0. The molecule has 0 saturated carbocycles. The summed E-state index contributed by atoms with van der Waals surface area (Å²) < 4.78 is 23.1. The van der Waals surface area contributed by atoms with E-state index in [4.69, 9.17) is 18.6 Å². The first-order valence-corrected chi connectivity index (χ1v) is 12.5. The molecule has 39 heavy (non-hydrogen) atoms. The second-order valence-corrected chi connectivity index (χ2v) is 8.67. The van der Waals surface area contributed by atoms with E-state index in [1.165, 1.54) is 0 Å². The lowest BCUT2D eigenvalue weighted by atomic mass is 10.0. The quantitative estimate of drug-likeness (QED) is 0.107. The topological polar surface area (TPSA) is 70.8 Å². The number of carbonyl (C=O) groups excluding carboxylic acids is 1. The molecule has 5 aromatic rings. The number of carbonyl (C=O) groups is 1. The van der Waals surface area contributed by atoms with Crippen molar-refractivity contribution in [1.29, 1.82) is 0 Å². The van der Waals surface area contributed by atoms with Gasteiger partial charge in [-0.05, 0) is 72.7 Å². The summed E-state index contributed by atoms with van der Waals surface area (Å²) in [6, 6.07) is 29.8. The number of para-hydroxylation sites is 2. The number of oxazole rings is 1. The van der Waals surface area contributed by atoms with E-state index in [1.54, 1.807) is 49.8 Å². The lowest BCUT2D eigenvalue weighted by Crippen LogP contribution is -2.03. The summed E-state index contributed by atoms with van der Waals surface area (Å²) in [6.07, 6.45) is 5.13. The summed E-state index contributed by atoms with van der Waals surface area (Å²) in [5.41, 5.74) is 3.85. The fraction of sp³-hybridized carbons (Fsp3) is 0.0909. The Morgan fingerprint density at radius 2 is 1.67 bits per heavy atom. The molecule has 0 fully saturated rings. The third-order valence-corrected chi connectivity index (χ3v) is 5.96. The van der Waals surface area contributed by atoms with Gasteiger partial charge in [0.05, 0.1) is 18.9 Å². The molecule has 0 aliphatic rings. The highest BCUT2D eigenvalue weighted by molar-refractivity contribution is 6.31. The minimum atomic E-state index is -0.234. The van der Waals surface area contributed by atoms with Gasteiger partial charge in [-0.2, -0.15) is 0 Å². The number of ketones is 1. The second-order valence-electron chi connectivity index (χ2n) is 8.67. The van der Waals surface area contributed by atoms with Crippen molar-refractivity contribution in [3.05, 3.63) is 132 Å². The Bertz CT molecular complexity index is 1600. The molecule has 0 aliphatic carbocycles. The molecule has 1 aromatic heterocycles. The second kappa shape index (κ2) is 12.0. The Balaban J connectivity index is 1.49. The average Bonchev–Trinajstić information content (AvgIpc) is 3.42. The van der Waals surface area contributed by atoms with E-state index >= 15 is 0 Å². The third-order valence-electron chi connectivity index (χ3n) is 5.96. The molecule has 6 heteroatoms. The van der Waals surface area contributed by atoms with Crippen LogP contribution >= 0.6 is 0 Å². The van der Waals surface area contributed by atoms with Gasteiger partial charge < -0.3 is 18.6 Å². The van der Waals surface area contributed by atoms with Crippen molar-refractivity contribution in [3.8, 4) is 17.2 Å². The molecule has 4 aromatic carbocycles. The van der Waals surface area contributed by atoms with Gasteiger partial charge in [0.1, 0.15) is 17.9 Å². The molecule has 0 bridgehead atoms. The molecule has 0 spiro atoms. The Kier molecular flexibility index (Phi) is 7.84. The first-order valence-electron chi connectivity index (χ1n) is 12.5. The third kappa shape index (κ3) is 6.08. The Labute approximate surface area is 226 Å². The van der Waals surface area contributed by atoms with Crippen LogP contribution in [-0.4, -0.2) is 17.9 Å². The normalized spacial score (nSPS) is 11.6. The van der Waals surface area contributed by atoms with Gasteiger partial charge in [-0.15, -0.1) is 0 Å². The number of benzene rings is 4. The number of aromatic nitrogens is 1. The molecule has 0 saturated heterocycles. The SMILES string of the molecule is CC=COc1ccc(C(=O)C(=Cc2ccc(OCc3ccccc3)c(OC)c2)c2nc3ccccc3o2)cc1. The van der Waals surface area contributed by atoms with Crippen molar-refractivity contribution in [2.45, 2.75) is 13.5 Å². The van der Waals surface area contributed by atoms with Crippen molar-refractivity contribution >= 4 is 28.5 Å². The minimum absolute atomic E-state index is 0.234. The molecule has 0 atom stereocenters. The van der Waals surface area contributed by atoms with Gasteiger partial charge in [-0.1, -0.05) is 54.6 Å². The molecular weight excluding hydrogens is 490 g/mol. The van der Waals surface area contributed by atoms with Crippen LogP contribution in [0.4, 0.5) is 0 Å². The summed E-state index contributed by atoms with van der Waals surface area (Å²) in [5, 5.41) is 0. The van der Waals surface area contributed by atoms with Crippen molar-refractivity contribution < 1.29 is 23.4 Å². The lowest BCUT2D eigenvalue weighted by molar-refractivity contribution is 0.105. The van der Waals surface area contributed by atoms with Crippen LogP contribution in [0.5, 0.6) is 17.2 Å². The molecule has 0 amide bonds. The van der Waals surface area contributed by atoms with Crippen LogP contribution < -0.4 is 14.2 Å². The number of allylic oxidation sites excluding steroid dienone is 2. The number of rotatable bonds is 10. The predicted octanol–water partition coefficient (Wildman–Crippen LogP) is 7.75. The van der Waals surface area contributed by atoms with Gasteiger partial charge >= 0.3 is 0 Å². The van der Waals surface area contributed by atoms with Crippen LogP contribution in [0.2, 0.25) is 0 Å². The van der Waals surface area contributed by atoms with Crippen LogP contribution in [0.3, 0.4) is 0 Å². The summed E-state index contributed by atoms with van der Waals surface area (Å²) in [5.74, 6) is 1.79. The number of hydrogen-bond acceptors (Lipinski definition) is 6. The summed E-state index contributed by atoms with van der Waals surface area (Å²) in [4.78, 5) is 18.3. The number of hydrogen-bond donors (Lipinski definition) is 0. The molecule has 0 aliphatic heterocycles. The van der Waals surface area contributed by atoms with Gasteiger partial charge in [0.2, 0.25) is 5.89 Å². The molecule has 0 unspecified atom stereocenters. The zero-order valence-electron chi connectivity index (χ0n) is 21.7. The van der Waals surface area contributed by atoms with Crippen LogP contribution in [0.15, 0.2) is 114 Å². The van der Waals surface area contributed by atoms with E-state index in [1.807, 2.05) is 79.7 Å². The first kappa shape index (κ1) is 25.5. The van der Waals surface area contributed by atoms with Crippen molar-refractivity contribution in [2.75, 3.05) is 7.11 Å². The van der Waals surface area contributed by atoms with Gasteiger partial charge in [0.25, 0.3) is 0 Å². The van der Waals surface area contributed by atoms with E-state index in [0.29, 0.717) is 46.1 Å². The van der Waals surface area contributed by atoms with E-state index in [-0.39, 0.29) is 11.7 Å². The number of ether oxygens (including phenoxy) is 3. The van der Waals surface area contributed by atoms with Gasteiger partial charge in [-0.25, -0.2) is 4.98 Å². The predicted molar refractivity (Wildman–Crippen MR) is 152 cm³/mol. The van der Waals surface area contributed by atoms with E-state index in [0.717, 1.165) is 11.1 Å². The summed E-state index contributed by atoms with van der Waals surface area (Å²) in [7, 11) is 1.59. The fourth-order valence-corrected chi connectivity index (χ4v) is 3.99. The van der Waals surface area contributed by atoms with Crippen LogP contribution in [0, 0.1) is 0 Å². The zero-order valence-corrected chi connectivity index (χ0v) is 21.7. The minimum Gasteiger partial charge on any atom is -0.493 e. The van der Waals surface area contributed by atoms with Crippen molar-refractivity contribution in [2.24, 2.45) is 0 Å². The first-order chi connectivity index (χ1) is 19.1. The maximum Gasteiger partial charge on any atom is 0.231 e. The monoisotopic (exact) mass is 517 g/mol. The van der Waals surface area contributed by atoms with Gasteiger partial charge in [-0.3, -0.25) is 4.79 Å². The average molecular weight is 518 g/mol. The molecular formula is C33H27NO5. The highest BCUT2D eigenvalue weighted by Gasteiger charge is 2.21. The van der Waals surface area contributed by atoms with Crippen LogP contribution in [-0.2, 0) is 6.61 Å². The largest absolute Gasteiger partial charge is 0.493 e. The molecule has 5 rings (SSSR count). The molecule has 0 radical (unpaired) electrons. The Morgan fingerprint density at radius 1 is 0.897 bits per heavy atom. The van der Waals surface area contributed by atoms with Gasteiger partial charge in [0.15, 0.2) is 22.9 Å². The lowest BCUT2D eigenvalue weighted by Gasteiger charge is -2.12. The summed E-state index contributed by atoms with van der Waals surface area (Å²) in [6.45, 7) is 2.28. The molecule has 1 heterocycles. The molecule has 194 valence electrons. The number of nitrogens with zero attached hydrogens (tertiary/aromatic N) is 1. The zero-order chi connectivity index (χ0) is 27.0. The van der Waals surface area contributed by atoms with E-state index in [2.05, 4.69) is 4.98 Å². The smallest absolute Gasteiger partial charge is 0.231 e.